The first-order chi connectivity index (χ1) is 13.1. The monoisotopic (exact) mass is 402 g/mol. The van der Waals surface area contributed by atoms with Crippen LogP contribution >= 0.6 is 23.4 Å². The summed E-state index contributed by atoms with van der Waals surface area (Å²) in [5.74, 6) is 0.861. The van der Waals surface area contributed by atoms with E-state index >= 15 is 0 Å². The zero-order chi connectivity index (χ0) is 19.2. The van der Waals surface area contributed by atoms with Crippen molar-refractivity contribution in [3.05, 3.63) is 59.1 Å². The van der Waals surface area contributed by atoms with Gasteiger partial charge in [-0.05, 0) is 30.7 Å². The molecule has 0 atom stereocenters. The van der Waals surface area contributed by atoms with Crippen LogP contribution in [0.5, 0.6) is 0 Å². The number of nitrogens with zero attached hydrogens (tertiary/aromatic N) is 2. The van der Waals surface area contributed by atoms with Crippen LogP contribution in [0.2, 0.25) is 5.02 Å². The number of rotatable bonds is 6. The number of halogens is 1. The van der Waals surface area contributed by atoms with Crippen LogP contribution in [0.4, 0.5) is 5.69 Å². The average molecular weight is 403 g/mol. The lowest BCUT2D eigenvalue weighted by atomic mass is 10.2. The molecular weight excluding hydrogens is 380 g/mol. The van der Waals surface area contributed by atoms with E-state index in [4.69, 9.17) is 11.6 Å². The summed E-state index contributed by atoms with van der Waals surface area (Å²) in [6, 6.07) is 15.5. The molecule has 0 bridgehead atoms. The van der Waals surface area contributed by atoms with Gasteiger partial charge in [-0.15, -0.1) is 11.8 Å². The highest BCUT2D eigenvalue weighted by Gasteiger charge is 2.23. The van der Waals surface area contributed by atoms with Crippen molar-refractivity contribution in [2.75, 3.05) is 23.7 Å². The molecule has 3 rings (SSSR count). The van der Waals surface area contributed by atoms with Crippen molar-refractivity contribution in [1.29, 1.82) is 0 Å². The summed E-state index contributed by atoms with van der Waals surface area (Å²) >= 11 is 7.97. The molecule has 2 amide bonds. The Kier molecular flexibility index (Phi) is 6.80. The van der Waals surface area contributed by atoms with Crippen molar-refractivity contribution in [1.82, 2.24) is 4.90 Å². The van der Waals surface area contributed by atoms with E-state index in [-0.39, 0.29) is 24.7 Å². The molecule has 0 aromatic heterocycles. The molecule has 142 valence electrons. The van der Waals surface area contributed by atoms with Crippen molar-refractivity contribution >= 4 is 40.9 Å². The van der Waals surface area contributed by atoms with Crippen molar-refractivity contribution in [2.45, 2.75) is 31.2 Å². The van der Waals surface area contributed by atoms with E-state index in [1.807, 2.05) is 60.4 Å². The van der Waals surface area contributed by atoms with Gasteiger partial charge in [-0.3, -0.25) is 9.59 Å². The van der Waals surface area contributed by atoms with Crippen LogP contribution in [0.15, 0.2) is 53.4 Å². The van der Waals surface area contributed by atoms with Crippen LogP contribution in [0.3, 0.4) is 0 Å². The molecule has 0 aliphatic carbocycles. The van der Waals surface area contributed by atoms with Gasteiger partial charge in [0.15, 0.2) is 0 Å². The van der Waals surface area contributed by atoms with Gasteiger partial charge in [0.1, 0.15) is 0 Å². The van der Waals surface area contributed by atoms with E-state index in [1.54, 1.807) is 16.7 Å². The molecule has 0 spiro atoms. The Labute approximate surface area is 169 Å². The van der Waals surface area contributed by atoms with Gasteiger partial charge in [-0.25, -0.2) is 0 Å². The van der Waals surface area contributed by atoms with Gasteiger partial charge in [0.25, 0.3) is 0 Å². The first-order valence-corrected chi connectivity index (χ1v) is 10.5. The lowest BCUT2D eigenvalue weighted by molar-refractivity contribution is -0.133. The summed E-state index contributed by atoms with van der Waals surface area (Å²) in [5.41, 5.74) is 1.87. The number of hydrogen-bond donors (Lipinski definition) is 0. The van der Waals surface area contributed by atoms with E-state index in [0.717, 1.165) is 21.9 Å². The first-order valence-electron chi connectivity index (χ1n) is 9.13. The number of benzene rings is 2. The molecule has 1 aliphatic rings. The molecule has 0 radical (unpaired) electrons. The van der Waals surface area contributed by atoms with Gasteiger partial charge in [0.05, 0.1) is 5.69 Å². The normalized spacial score (nSPS) is 13.2. The Morgan fingerprint density at radius 2 is 1.85 bits per heavy atom. The molecule has 0 N–H and O–H groups in total. The molecule has 4 nitrogen and oxygen atoms in total. The minimum atomic E-state index is -0.0227. The fourth-order valence-electron chi connectivity index (χ4n) is 3.14. The molecule has 2 aromatic rings. The third-order valence-electron chi connectivity index (χ3n) is 4.64. The quantitative estimate of drug-likeness (QED) is 0.708. The van der Waals surface area contributed by atoms with Crippen molar-refractivity contribution in [3.8, 4) is 0 Å². The van der Waals surface area contributed by atoms with Crippen molar-refractivity contribution < 1.29 is 9.59 Å². The Bertz CT molecular complexity index is 827. The smallest absolute Gasteiger partial charge is 0.227 e. The molecule has 6 heteroatoms. The Hall–Kier alpha value is -1.98. The molecule has 0 saturated carbocycles. The second-order valence-electron chi connectivity index (χ2n) is 6.36. The third kappa shape index (κ3) is 4.85. The molecular formula is C21H23ClN2O2S. The van der Waals surface area contributed by atoms with E-state index in [9.17, 15) is 9.59 Å². The van der Waals surface area contributed by atoms with E-state index in [1.165, 1.54) is 0 Å². The maximum Gasteiger partial charge on any atom is 0.227 e. The average Bonchev–Trinajstić information content (AvgIpc) is 2.70. The highest BCUT2D eigenvalue weighted by molar-refractivity contribution is 7.99. The van der Waals surface area contributed by atoms with E-state index in [0.29, 0.717) is 24.7 Å². The van der Waals surface area contributed by atoms with Crippen LogP contribution < -0.4 is 4.90 Å². The molecule has 1 heterocycles. The van der Waals surface area contributed by atoms with Crippen molar-refractivity contribution in [3.63, 3.8) is 0 Å². The van der Waals surface area contributed by atoms with Gasteiger partial charge in [-0.1, -0.05) is 41.9 Å². The minimum Gasteiger partial charge on any atom is -0.339 e. The highest BCUT2D eigenvalue weighted by atomic mass is 35.5. The molecule has 0 saturated heterocycles. The number of hydrogen-bond acceptors (Lipinski definition) is 3. The summed E-state index contributed by atoms with van der Waals surface area (Å²) < 4.78 is 0. The minimum absolute atomic E-state index is 0.00453. The lowest BCUT2D eigenvalue weighted by Crippen LogP contribution is -2.37. The predicted molar refractivity (Wildman–Crippen MR) is 111 cm³/mol. The molecule has 1 aliphatic heterocycles. The largest absolute Gasteiger partial charge is 0.339 e. The standard InChI is InChI=1S/C21H23ClN2O2S/c1-2-23(15-16-7-3-4-8-17(16)22)20(25)11-12-21(26)24-13-14-27-19-10-6-5-9-18(19)24/h3-10H,2,11-15H2,1H3. The molecule has 0 fully saturated rings. The maximum absolute atomic E-state index is 12.7. The van der Waals surface area contributed by atoms with Crippen LogP contribution in [0.1, 0.15) is 25.3 Å². The highest BCUT2D eigenvalue weighted by Crippen LogP contribution is 2.34. The molecule has 2 aromatic carbocycles. The number of carbonyl (C=O) groups excluding carboxylic acids is 2. The van der Waals surface area contributed by atoms with Gasteiger partial charge in [0, 0.05) is 48.1 Å². The SMILES string of the molecule is CCN(Cc1ccccc1Cl)C(=O)CCC(=O)N1CCSc2ccccc21. The van der Waals surface area contributed by atoms with Crippen LogP contribution in [-0.2, 0) is 16.1 Å². The summed E-state index contributed by atoms with van der Waals surface area (Å²) in [5, 5.41) is 0.655. The summed E-state index contributed by atoms with van der Waals surface area (Å²) in [4.78, 5) is 30.0. The summed E-state index contributed by atoms with van der Waals surface area (Å²) in [6.45, 7) is 3.67. The van der Waals surface area contributed by atoms with Crippen LogP contribution in [0.25, 0.3) is 0 Å². The second-order valence-corrected chi connectivity index (χ2v) is 7.90. The number of thioether (sulfide) groups is 1. The van der Waals surface area contributed by atoms with Crippen molar-refractivity contribution in [2.24, 2.45) is 0 Å². The van der Waals surface area contributed by atoms with Gasteiger partial charge in [-0.2, -0.15) is 0 Å². The summed E-state index contributed by atoms with van der Waals surface area (Å²) in [6.07, 6.45) is 0.430. The maximum atomic E-state index is 12.7. The fourth-order valence-corrected chi connectivity index (χ4v) is 4.33. The predicted octanol–water partition coefficient (Wildman–Crippen LogP) is 4.61. The van der Waals surface area contributed by atoms with E-state index in [2.05, 4.69) is 0 Å². The number of anilines is 1. The van der Waals surface area contributed by atoms with E-state index < -0.39 is 0 Å². The lowest BCUT2D eigenvalue weighted by Gasteiger charge is -2.29. The van der Waals surface area contributed by atoms with Gasteiger partial charge < -0.3 is 9.80 Å². The Morgan fingerprint density at radius 3 is 2.63 bits per heavy atom. The Morgan fingerprint density at radius 1 is 1.11 bits per heavy atom. The number of para-hydroxylation sites is 1. The molecule has 0 unspecified atom stereocenters. The fraction of sp³-hybridized carbons (Fsp3) is 0.333. The molecule has 27 heavy (non-hydrogen) atoms. The second kappa shape index (κ2) is 9.29. The van der Waals surface area contributed by atoms with Gasteiger partial charge >= 0.3 is 0 Å². The van der Waals surface area contributed by atoms with Crippen LogP contribution in [-0.4, -0.2) is 35.6 Å². The van der Waals surface area contributed by atoms with Crippen LogP contribution in [0, 0.1) is 0 Å². The third-order valence-corrected chi connectivity index (χ3v) is 6.05. The number of fused-ring (bicyclic) bond motifs is 1. The van der Waals surface area contributed by atoms with Gasteiger partial charge in [0.2, 0.25) is 11.8 Å². The zero-order valence-electron chi connectivity index (χ0n) is 15.4. The topological polar surface area (TPSA) is 40.6 Å². The summed E-state index contributed by atoms with van der Waals surface area (Å²) in [7, 11) is 0. The zero-order valence-corrected chi connectivity index (χ0v) is 16.9. The number of amides is 2. The number of carbonyl (C=O) groups is 2. The first kappa shape index (κ1) is 19.8. The Balaban J connectivity index is 1.60.